The fraction of sp³-hybridized carbons (Fsp3) is 0.364. The van der Waals surface area contributed by atoms with Crippen LogP contribution in [0.15, 0.2) is 18.3 Å². The normalized spacial score (nSPS) is 12.1. The van der Waals surface area contributed by atoms with Crippen LogP contribution in [0.5, 0.6) is 0 Å². The Morgan fingerprint density at radius 3 is 3.07 bits per heavy atom. The molecule has 1 rings (SSSR count). The highest BCUT2D eigenvalue weighted by molar-refractivity contribution is 5.19. The van der Waals surface area contributed by atoms with E-state index in [4.69, 9.17) is 6.42 Å². The molecule has 0 fully saturated rings. The molecule has 74 valence electrons. The van der Waals surface area contributed by atoms with Crippen LogP contribution in [0.2, 0.25) is 0 Å². The minimum Gasteiger partial charge on any atom is -0.299 e. The highest BCUT2D eigenvalue weighted by Crippen LogP contribution is 2.12. The molecule has 1 unspecified atom stereocenters. The van der Waals surface area contributed by atoms with E-state index in [9.17, 15) is 4.39 Å². The third-order valence-corrected chi connectivity index (χ3v) is 1.83. The lowest BCUT2D eigenvalue weighted by Crippen LogP contribution is -2.22. The third kappa shape index (κ3) is 2.54. The maximum atomic E-state index is 13.3. The summed E-state index contributed by atoms with van der Waals surface area (Å²) < 4.78 is 13.3. The second-order valence-electron chi connectivity index (χ2n) is 2.92. The summed E-state index contributed by atoms with van der Waals surface area (Å²) in [6.07, 6.45) is 7.78. The van der Waals surface area contributed by atoms with Gasteiger partial charge in [-0.15, -0.1) is 6.42 Å². The van der Waals surface area contributed by atoms with Crippen molar-refractivity contribution in [1.29, 1.82) is 0 Å². The van der Waals surface area contributed by atoms with Crippen LogP contribution in [0.1, 0.15) is 25.1 Å². The van der Waals surface area contributed by atoms with E-state index in [1.165, 1.54) is 12.3 Å². The van der Waals surface area contributed by atoms with Crippen molar-refractivity contribution in [3.63, 3.8) is 0 Å². The molecule has 0 aliphatic heterocycles. The van der Waals surface area contributed by atoms with Crippen LogP contribution >= 0.6 is 0 Å². The SMILES string of the molecule is C#CC(NCCC)c1ncccc1F. The third-order valence-electron chi connectivity index (χ3n) is 1.83. The fourth-order valence-corrected chi connectivity index (χ4v) is 1.13. The van der Waals surface area contributed by atoms with Crippen molar-refractivity contribution in [2.75, 3.05) is 6.54 Å². The zero-order chi connectivity index (χ0) is 10.4. The standard InChI is InChI=1S/C11H13FN2/c1-3-7-13-10(4-2)11-9(12)6-5-8-14-11/h2,5-6,8,10,13H,3,7H2,1H3. The molecule has 3 heteroatoms. The number of rotatable bonds is 4. The predicted molar refractivity (Wildman–Crippen MR) is 54.1 cm³/mol. The van der Waals surface area contributed by atoms with Crippen molar-refractivity contribution >= 4 is 0 Å². The van der Waals surface area contributed by atoms with Gasteiger partial charge >= 0.3 is 0 Å². The molecule has 14 heavy (non-hydrogen) atoms. The Kier molecular flexibility index (Phi) is 4.09. The topological polar surface area (TPSA) is 24.9 Å². The highest BCUT2D eigenvalue weighted by Gasteiger charge is 2.12. The minimum absolute atomic E-state index is 0.295. The number of aromatic nitrogens is 1. The number of hydrogen-bond donors (Lipinski definition) is 1. The number of pyridine rings is 1. The van der Waals surface area contributed by atoms with Gasteiger partial charge in [-0.2, -0.15) is 0 Å². The number of terminal acetylenes is 1. The molecule has 1 atom stereocenters. The Morgan fingerprint density at radius 2 is 2.50 bits per heavy atom. The van der Waals surface area contributed by atoms with E-state index >= 15 is 0 Å². The van der Waals surface area contributed by atoms with Crippen molar-refractivity contribution in [2.45, 2.75) is 19.4 Å². The van der Waals surface area contributed by atoms with Crippen LogP contribution in [0.25, 0.3) is 0 Å². The van der Waals surface area contributed by atoms with Crippen LogP contribution < -0.4 is 5.32 Å². The van der Waals surface area contributed by atoms with Gasteiger partial charge in [0, 0.05) is 6.20 Å². The molecule has 2 nitrogen and oxygen atoms in total. The van der Waals surface area contributed by atoms with Crippen LogP contribution in [0, 0.1) is 18.2 Å². The summed E-state index contributed by atoms with van der Waals surface area (Å²) in [5.74, 6) is 2.12. The van der Waals surface area contributed by atoms with Crippen LogP contribution in [0.4, 0.5) is 4.39 Å². The van der Waals surface area contributed by atoms with E-state index in [1.54, 1.807) is 6.07 Å². The molecular formula is C11H13FN2. The first-order chi connectivity index (χ1) is 6.79. The number of hydrogen-bond acceptors (Lipinski definition) is 2. The summed E-state index contributed by atoms with van der Waals surface area (Å²) in [6.45, 7) is 2.78. The minimum atomic E-state index is -0.434. The van der Waals surface area contributed by atoms with Gasteiger partial charge < -0.3 is 0 Å². The van der Waals surface area contributed by atoms with Crippen LogP contribution in [-0.4, -0.2) is 11.5 Å². The molecule has 0 aliphatic rings. The lowest BCUT2D eigenvalue weighted by atomic mass is 10.2. The molecular weight excluding hydrogens is 179 g/mol. The van der Waals surface area contributed by atoms with Gasteiger partial charge in [-0.05, 0) is 25.1 Å². The first-order valence-corrected chi connectivity index (χ1v) is 4.59. The molecule has 0 amide bonds. The molecule has 0 spiro atoms. The zero-order valence-electron chi connectivity index (χ0n) is 8.13. The largest absolute Gasteiger partial charge is 0.299 e. The Hall–Kier alpha value is -1.40. The van der Waals surface area contributed by atoms with Crippen molar-refractivity contribution < 1.29 is 4.39 Å². The number of halogens is 1. The maximum absolute atomic E-state index is 13.3. The Labute approximate surface area is 83.6 Å². The van der Waals surface area contributed by atoms with E-state index in [-0.39, 0.29) is 5.82 Å². The first kappa shape index (κ1) is 10.7. The van der Waals surface area contributed by atoms with Crippen molar-refractivity contribution in [2.24, 2.45) is 0 Å². The lowest BCUT2D eigenvalue weighted by Gasteiger charge is -2.11. The predicted octanol–water partition coefficient (Wildman–Crippen LogP) is 1.89. The Morgan fingerprint density at radius 1 is 1.71 bits per heavy atom. The van der Waals surface area contributed by atoms with Gasteiger partial charge in [0.15, 0.2) is 0 Å². The Bertz CT molecular complexity index is 330. The van der Waals surface area contributed by atoms with E-state index in [2.05, 4.69) is 16.2 Å². The van der Waals surface area contributed by atoms with E-state index in [0.717, 1.165) is 13.0 Å². The summed E-state index contributed by atoms with van der Waals surface area (Å²) >= 11 is 0. The molecule has 1 heterocycles. The van der Waals surface area contributed by atoms with E-state index < -0.39 is 6.04 Å². The van der Waals surface area contributed by atoms with Crippen molar-refractivity contribution in [3.8, 4) is 12.3 Å². The van der Waals surface area contributed by atoms with Crippen molar-refractivity contribution in [1.82, 2.24) is 10.3 Å². The molecule has 0 radical (unpaired) electrons. The molecule has 1 aromatic heterocycles. The molecule has 0 aliphatic carbocycles. The average Bonchev–Trinajstić information content (AvgIpc) is 2.21. The highest BCUT2D eigenvalue weighted by atomic mass is 19.1. The van der Waals surface area contributed by atoms with Gasteiger partial charge in [-0.3, -0.25) is 10.3 Å². The van der Waals surface area contributed by atoms with Gasteiger partial charge in [-0.25, -0.2) is 4.39 Å². The zero-order valence-corrected chi connectivity index (χ0v) is 8.13. The van der Waals surface area contributed by atoms with Crippen LogP contribution in [-0.2, 0) is 0 Å². The second kappa shape index (κ2) is 5.36. The summed E-state index contributed by atoms with van der Waals surface area (Å²) in [4.78, 5) is 3.92. The smallest absolute Gasteiger partial charge is 0.147 e. The van der Waals surface area contributed by atoms with Gasteiger partial charge in [0.1, 0.15) is 17.6 Å². The summed E-state index contributed by atoms with van der Waals surface area (Å²) in [7, 11) is 0. The molecule has 0 aromatic carbocycles. The second-order valence-corrected chi connectivity index (χ2v) is 2.92. The molecule has 0 saturated heterocycles. The van der Waals surface area contributed by atoms with Gasteiger partial charge in [0.25, 0.3) is 0 Å². The van der Waals surface area contributed by atoms with Crippen LogP contribution in [0.3, 0.4) is 0 Å². The monoisotopic (exact) mass is 192 g/mol. The first-order valence-electron chi connectivity index (χ1n) is 4.59. The van der Waals surface area contributed by atoms with Crippen molar-refractivity contribution in [3.05, 3.63) is 29.8 Å². The lowest BCUT2D eigenvalue weighted by molar-refractivity contribution is 0.548. The molecule has 0 bridgehead atoms. The molecule has 0 saturated carbocycles. The van der Waals surface area contributed by atoms with E-state index in [1.807, 2.05) is 6.92 Å². The number of nitrogens with zero attached hydrogens (tertiary/aromatic N) is 1. The average molecular weight is 192 g/mol. The summed E-state index contributed by atoms with van der Waals surface area (Å²) in [6, 6.07) is 2.48. The summed E-state index contributed by atoms with van der Waals surface area (Å²) in [5, 5.41) is 3.04. The quantitative estimate of drug-likeness (QED) is 0.737. The fourth-order valence-electron chi connectivity index (χ4n) is 1.13. The van der Waals surface area contributed by atoms with Gasteiger partial charge in [-0.1, -0.05) is 12.8 Å². The Balaban J connectivity index is 2.80. The number of nitrogens with one attached hydrogen (secondary N) is 1. The summed E-state index contributed by atoms with van der Waals surface area (Å²) in [5.41, 5.74) is 0.295. The molecule has 1 aromatic rings. The maximum Gasteiger partial charge on any atom is 0.147 e. The molecule has 1 N–H and O–H groups in total. The van der Waals surface area contributed by atoms with Gasteiger partial charge in [0.2, 0.25) is 0 Å². The van der Waals surface area contributed by atoms with Gasteiger partial charge in [0.05, 0.1) is 0 Å². The van der Waals surface area contributed by atoms with E-state index in [0.29, 0.717) is 5.69 Å².